The Hall–Kier alpha value is -1.12. The zero-order chi connectivity index (χ0) is 5.98. The van der Waals surface area contributed by atoms with Crippen LogP contribution in [0.2, 0.25) is 0 Å². The summed E-state index contributed by atoms with van der Waals surface area (Å²) in [5.74, 6) is -0.507. The molecule has 0 bridgehead atoms. The standard InChI is InChI=1S/C5H5O3/c6-4-1-2-8-3-5(4)7/h3,6-7H,2H2. The van der Waals surface area contributed by atoms with Crippen LogP contribution in [0.15, 0.2) is 17.8 Å². The quantitative estimate of drug-likeness (QED) is 0.485. The van der Waals surface area contributed by atoms with Gasteiger partial charge in [-0.1, -0.05) is 0 Å². The zero-order valence-corrected chi connectivity index (χ0v) is 4.09. The number of hydrogen-bond acceptors (Lipinski definition) is 3. The van der Waals surface area contributed by atoms with Gasteiger partial charge in [-0.25, -0.2) is 0 Å². The molecule has 0 spiro atoms. The number of aliphatic hydroxyl groups excluding tert-OH is 2. The van der Waals surface area contributed by atoms with Crippen LogP contribution in [0.25, 0.3) is 0 Å². The van der Waals surface area contributed by atoms with Gasteiger partial charge in [-0.3, -0.25) is 0 Å². The average Bonchev–Trinajstić information content (AvgIpc) is 1.77. The van der Waals surface area contributed by atoms with Gasteiger partial charge in [0.15, 0.2) is 11.5 Å². The van der Waals surface area contributed by atoms with Crippen molar-refractivity contribution in [2.45, 2.75) is 0 Å². The lowest BCUT2D eigenvalue weighted by atomic mass is 10.4. The molecular formula is C5H5O3. The fraction of sp³-hybridized carbons (Fsp3) is 0.200. The summed E-state index contributed by atoms with van der Waals surface area (Å²) in [6, 6.07) is 0. The highest BCUT2D eigenvalue weighted by Crippen LogP contribution is 2.05. The van der Waals surface area contributed by atoms with Crippen LogP contribution in [0, 0.1) is 6.08 Å². The van der Waals surface area contributed by atoms with Crippen LogP contribution in [0.1, 0.15) is 0 Å². The van der Waals surface area contributed by atoms with Crippen molar-refractivity contribution in [2.24, 2.45) is 0 Å². The first-order valence-corrected chi connectivity index (χ1v) is 2.11. The molecule has 0 atom stereocenters. The molecule has 3 nitrogen and oxygen atoms in total. The Balaban J connectivity index is 2.73. The van der Waals surface area contributed by atoms with Crippen molar-refractivity contribution in [3.8, 4) is 0 Å². The van der Waals surface area contributed by atoms with E-state index >= 15 is 0 Å². The summed E-state index contributed by atoms with van der Waals surface area (Å²) in [5, 5.41) is 17.1. The molecule has 3 heteroatoms. The molecule has 0 saturated heterocycles. The predicted octanol–water partition coefficient (Wildman–Crippen LogP) is 0.661. The highest BCUT2D eigenvalue weighted by molar-refractivity contribution is 5.14. The minimum Gasteiger partial charge on any atom is -0.504 e. The third kappa shape index (κ3) is 0.753. The third-order valence-corrected chi connectivity index (χ3v) is 0.761. The van der Waals surface area contributed by atoms with Gasteiger partial charge in [0.25, 0.3) is 0 Å². The SMILES string of the molecule is OC1=[C]COC=C1O. The van der Waals surface area contributed by atoms with Crippen LogP contribution in [-0.4, -0.2) is 16.8 Å². The molecule has 0 aromatic heterocycles. The van der Waals surface area contributed by atoms with Gasteiger partial charge in [0, 0.05) is 6.08 Å². The Labute approximate surface area is 46.5 Å². The summed E-state index contributed by atoms with van der Waals surface area (Å²) in [4.78, 5) is 0. The molecule has 1 aliphatic heterocycles. The predicted molar refractivity (Wildman–Crippen MR) is 26.0 cm³/mol. The number of rotatable bonds is 0. The van der Waals surface area contributed by atoms with E-state index < -0.39 is 0 Å². The Bertz CT molecular complexity index is 128. The summed E-state index contributed by atoms with van der Waals surface area (Å²) in [7, 11) is 0. The normalized spacial score (nSPS) is 18.5. The first-order valence-electron chi connectivity index (χ1n) is 2.11. The minimum absolute atomic E-state index is 0.204. The second-order valence-corrected chi connectivity index (χ2v) is 1.34. The van der Waals surface area contributed by atoms with Gasteiger partial charge in [0.05, 0.1) is 0 Å². The van der Waals surface area contributed by atoms with Gasteiger partial charge < -0.3 is 14.9 Å². The molecule has 0 aromatic rings. The highest BCUT2D eigenvalue weighted by atomic mass is 16.5. The fourth-order valence-electron chi connectivity index (χ4n) is 0.377. The molecule has 2 N–H and O–H groups in total. The van der Waals surface area contributed by atoms with Crippen LogP contribution in [-0.2, 0) is 4.74 Å². The zero-order valence-electron chi connectivity index (χ0n) is 4.09. The highest BCUT2D eigenvalue weighted by Gasteiger charge is 2.03. The van der Waals surface area contributed by atoms with E-state index in [0.29, 0.717) is 0 Å². The van der Waals surface area contributed by atoms with Crippen LogP contribution >= 0.6 is 0 Å². The first-order chi connectivity index (χ1) is 3.80. The maximum absolute atomic E-state index is 8.58. The molecule has 0 unspecified atom stereocenters. The van der Waals surface area contributed by atoms with E-state index in [-0.39, 0.29) is 18.1 Å². The van der Waals surface area contributed by atoms with Gasteiger partial charge >= 0.3 is 0 Å². The lowest BCUT2D eigenvalue weighted by Crippen LogP contribution is -1.98. The van der Waals surface area contributed by atoms with Gasteiger partial charge in [0.2, 0.25) is 0 Å². The monoisotopic (exact) mass is 113 g/mol. The molecule has 43 valence electrons. The van der Waals surface area contributed by atoms with E-state index in [2.05, 4.69) is 10.8 Å². The van der Waals surface area contributed by atoms with Crippen LogP contribution < -0.4 is 0 Å². The largest absolute Gasteiger partial charge is 0.504 e. The molecule has 0 amide bonds. The van der Waals surface area contributed by atoms with Crippen molar-refractivity contribution in [2.75, 3.05) is 6.61 Å². The molecule has 1 radical (unpaired) electrons. The van der Waals surface area contributed by atoms with E-state index in [1.54, 1.807) is 0 Å². The Morgan fingerprint density at radius 1 is 1.62 bits per heavy atom. The van der Waals surface area contributed by atoms with Gasteiger partial charge in [-0.15, -0.1) is 0 Å². The molecule has 1 aliphatic rings. The molecule has 0 aromatic carbocycles. The smallest absolute Gasteiger partial charge is 0.193 e. The lowest BCUT2D eigenvalue weighted by Gasteiger charge is -2.03. The molecule has 0 fully saturated rings. The van der Waals surface area contributed by atoms with Crippen LogP contribution in [0.5, 0.6) is 0 Å². The lowest BCUT2D eigenvalue weighted by molar-refractivity contribution is 0.218. The Kier molecular flexibility index (Phi) is 1.12. The second kappa shape index (κ2) is 1.78. The topological polar surface area (TPSA) is 49.7 Å². The number of ether oxygens (including phenoxy) is 1. The Morgan fingerprint density at radius 3 is 2.75 bits per heavy atom. The maximum atomic E-state index is 8.58. The van der Waals surface area contributed by atoms with E-state index in [0.717, 1.165) is 6.26 Å². The molecule has 8 heavy (non-hydrogen) atoms. The van der Waals surface area contributed by atoms with Gasteiger partial charge in [0.1, 0.15) is 12.9 Å². The van der Waals surface area contributed by atoms with Crippen molar-refractivity contribution < 1.29 is 14.9 Å². The summed E-state index contributed by atoms with van der Waals surface area (Å²) in [6.07, 6.45) is 3.44. The van der Waals surface area contributed by atoms with Crippen LogP contribution in [0.4, 0.5) is 0 Å². The maximum Gasteiger partial charge on any atom is 0.193 e. The van der Waals surface area contributed by atoms with Crippen molar-refractivity contribution in [3.63, 3.8) is 0 Å². The number of hydrogen-bond donors (Lipinski definition) is 2. The van der Waals surface area contributed by atoms with E-state index in [1.807, 2.05) is 0 Å². The summed E-state index contributed by atoms with van der Waals surface area (Å²) < 4.78 is 4.55. The average molecular weight is 113 g/mol. The van der Waals surface area contributed by atoms with E-state index in [1.165, 1.54) is 0 Å². The van der Waals surface area contributed by atoms with Crippen molar-refractivity contribution >= 4 is 0 Å². The first kappa shape index (κ1) is 5.03. The molecule has 1 heterocycles. The molecule has 0 saturated carbocycles. The summed E-state index contributed by atoms with van der Waals surface area (Å²) in [6.45, 7) is 0.204. The third-order valence-electron chi connectivity index (χ3n) is 0.761. The van der Waals surface area contributed by atoms with E-state index in [9.17, 15) is 0 Å². The van der Waals surface area contributed by atoms with Crippen molar-refractivity contribution in [1.29, 1.82) is 0 Å². The summed E-state index contributed by atoms with van der Waals surface area (Å²) >= 11 is 0. The molecular weight excluding hydrogens is 108 g/mol. The number of aliphatic hydroxyl groups is 2. The van der Waals surface area contributed by atoms with Gasteiger partial charge in [-0.05, 0) is 0 Å². The second-order valence-electron chi connectivity index (χ2n) is 1.34. The van der Waals surface area contributed by atoms with Crippen molar-refractivity contribution in [3.05, 3.63) is 23.9 Å². The minimum atomic E-state index is -0.267. The van der Waals surface area contributed by atoms with Gasteiger partial charge in [-0.2, -0.15) is 0 Å². The molecule has 1 rings (SSSR count). The van der Waals surface area contributed by atoms with E-state index in [4.69, 9.17) is 10.2 Å². The van der Waals surface area contributed by atoms with Crippen molar-refractivity contribution in [1.82, 2.24) is 0 Å². The fourth-order valence-corrected chi connectivity index (χ4v) is 0.377. The molecule has 0 aliphatic carbocycles. The summed E-state index contributed by atoms with van der Waals surface area (Å²) in [5.41, 5.74) is 0. The van der Waals surface area contributed by atoms with Crippen LogP contribution in [0.3, 0.4) is 0 Å². The Morgan fingerprint density at radius 2 is 2.38 bits per heavy atom.